The molecule has 1 saturated heterocycles. The molecule has 2 atom stereocenters. The van der Waals surface area contributed by atoms with Crippen LogP contribution in [0.3, 0.4) is 0 Å². The Labute approximate surface area is 205 Å². The number of nitrogens with zero attached hydrogens (tertiary/aromatic N) is 1. The average Bonchev–Trinajstić information content (AvgIpc) is 3.21. The van der Waals surface area contributed by atoms with Gasteiger partial charge in [-0.2, -0.15) is 0 Å². The molecule has 0 saturated carbocycles. The Morgan fingerprint density at radius 1 is 0.971 bits per heavy atom. The van der Waals surface area contributed by atoms with Gasteiger partial charge in [0, 0.05) is 29.7 Å². The van der Waals surface area contributed by atoms with Gasteiger partial charge < -0.3 is 19.7 Å². The molecule has 1 N–H and O–H groups in total. The zero-order valence-electron chi connectivity index (χ0n) is 18.5. The summed E-state index contributed by atoms with van der Waals surface area (Å²) in [7, 11) is 0. The van der Waals surface area contributed by atoms with Crippen molar-refractivity contribution >= 4 is 29.1 Å². The van der Waals surface area contributed by atoms with Crippen molar-refractivity contribution in [3.63, 3.8) is 0 Å². The number of rotatable bonds is 5. The van der Waals surface area contributed by atoms with Gasteiger partial charge in [0.05, 0.1) is 12.0 Å². The van der Waals surface area contributed by atoms with Crippen molar-refractivity contribution in [3.8, 4) is 11.5 Å². The number of hydrogen-bond acceptors (Lipinski definition) is 4. The molecule has 2 heterocycles. The lowest BCUT2D eigenvalue weighted by Gasteiger charge is -2.28. The standard InChI is InChI=1S/C26H21ClF2N2O4/c27-17-4-2-16(3-5-17)25-19(13-24(32)31(25)18-6-7-20(28)21(29)12-18)26(33)30-14-15-1-8-22-23(11-15)35-10-9-34-22/h1-8,11-12,19,25H,9-10,13-14H2,(H,30,33)/t19-,25+/m0/s1. The van der Waals surface area contributed by atoms with Crippen molar-refractivity contribution in [2.24, 2.45) is 5.92 Å². The third-order valence-corrected chi connectivity index (χ3v) is 6.38. The minimum absolute atomic E-state index is 0.0841. The molecule has 0 unspecified atom stereocenters. The minimum Gasteiger partial charge on any atom is -0.486 e. The molecule has 2 amide bonds. The molecule has 0 radical (unpaired) electrons. The van der Waals surface area contributed by atoms with E-state index < -0.39 is 23.6 Å². The van der Waals surface area contributed by atoms with Crippen LogP contribution in [0.25, 0.3) is 0 Å². The van der Waals surface area contributed by atoms with Crippen molar-refractivity contribution in [1.82, 2.24) is 5.32 Å². The first-order chi connectivity index (χ1) is 16.9. The fourth-order valence-corrected chi connectivity index (χ4v) is 4.59. The number of nitrogens with one attached hydrogen (secondary N) is 1. The number of amides is 2. The molecule has 2 aliphatic rings. The Balaban J connectivity index is 1.41. The summed E-state index contributed by atoms with van der Waals surface area (Å²) in [6.07, 6.45) is -0.0841. The third-order valence-electron chi connectivity index (χ3n) is 6.13. The lowest BCUT2D eigenvalue weighted by molar-refractivity contribution is -0.127. The van der Waals surface area contributed by atoms with E-state index in [2.05, 4.69) is 5.32 Å². The zero-order valence-corrected chi connectivity index (χ0v) is 19.2. The van der Waals surface area contributed by atoms with Gasteiger partial charge in [-0.3, -0.25) is 9.59 Å². The molecule has 2 aliphatic heterocycles. The SMILES string of the molecule is O=C(NCc1ccc2c(c1)OCCO2)[C@H]1CC(=O)N(c2ccc(F)c(F)c2)[C@@H]1c1ccc(Cl)cc1. The number of carbonyl (C=O) groups excluding carboxylic acids is 2. The van der Waals surface area contributed by atoms with Crippen molar-refractivity contribution in [1.29, 1.82) is 0 Å². The van der Waals surface area contributed by atoms with E-state index in [1.165, 1.54) is 11.0 Å². The molecule has 0 bridgehead atoms. The Bertz CT molecular complexity index is 1280. The molecular formula is C26H21ClF2N2O4. The number of ether oxygens (including phenoxy) is 2. The van der Waals surface area contributed by atoms with Crippen molar-refractivity contribution in [3.05, 3.63) is 88.4 Å². The van der Waals surface area contributed by atoms with Gasteiger partial charge in [0.2, 0.25) is 11.8 Å². The first kappa shape index (κ1) is 23.1. The smallest absolute Gasteiger partial charge is 0.228 e. The highest BCUT2D eigenvalue weighted by Crippen LogP contribution is 2.42. The molecular weight excluding hydrogens is 478 g/mol. The summed E-state index contributed by atoms with van der Waals surface area (Å²) in [6, 6.07) is 14.7. The van der Waals surface area contributed by atoms with E-state index >= 15 is 0 Å². The second-order valence-electron chi connectivity index (χ2n) is 8.36. The van der Waals surface area contributed by atoms with Gasteiger partial charge in [0.1, 0.15) is 13.2 Å². The summed E-state index contributed by atoms with van der Waals surface area (Å²) < 4.78 is 38.7. The maximum Gasteiger partial charge on any atom is 0.228 e. The quantitative estimate of drug-likeness (QED) is 0.549. The summed E-state index contributed by atoms with van der Waals surface area (Å²) in [5.41, 5.74) is 1.65. The Morgan fingerprint density at radius 2 is 1.71 bits per heavy atom. The molecule has 180 valence electrons. The number of fused-ring (bicyclic) bond motifs is 1. The Kier molecular flexibility index (Phi) is 6.30. The van der Waals surface area contributed by atoms with Gasteiger partial charge in [-0.25, -0.2) is 8.78 Å². The highest BCUT2D eigenvalue weighted by atomic mass is 35.5. The first-order valence-electron chi connectivity index (χ1n) is 11.1. The van der Waals surface area contributed by atoms with E-state index in [0.717, 1.165) is 17.7 Å². The lowest BCUT2D eigenvalue weighted by Crippen LogP contribution is -2.35. The van der Waals surface area contributed by atoms with E-state index in [0.29, 0.717) is 35.3 Å². The van der Waals surface area contributed by atoms with Gasteiger partial charge in [-0.05, 0) is 47.5 Å². The first-order valence-corrected chi connectivity index (χ1v) is 11.5. The molecule has 3 aromatic rings. The molecule has 0 aromatic heterocycles. The monoisotopic (exact) mass is 498 g/mol. The van der Waals surface area contributed by atoms with Gasteiger partial charge in [0.25, 0.3) is 0 Å². The predicted molar refractivity (Wildman–Crippen MR) is 125 cm³/mol. The van der Waals surface area contributed by atoms with Crippen molar-refractivity contribution < 1.29 is 27.8 Å². The number of anilines is 1. The largest absolute Gasteiger partial charge is 0.486 e. The van der Waals surface area contributed by atoms with Gasteiger partial charge in [-0.15, -0.1) is 0 Å². The molecule has 35 heavy (non-hydrogen) atoms. The predicted octanol–water partition coefficient (Wildman–Crippen LogP) is 4.80. The average molecular weight is 499 g/mol. The maximum absolute atomic E-state index is 14.0. The molecule has 0 aliphatic carbocycles. The van der Waals surface area contributed by atoms with Crippen LogP contribution in [0.4, 0.5) is 14.5 Å². The van der Waals surface area contributed by atoms with Crippen molar-refractivity contribution in [2.75, 3.05) is 18.1 Å². The highest BCUT2D eigenvalue weighted by Gasteiger charge is 2.45. The van der Waals surface area contributed by atoms with Gasteiger partial charge in [0.15, 0.2) is 23.1 Å². The van der Waals surface area contributed by atoms with E-state index in [1.54, 1.807) is 36.4 Å². The third kappa shape index (κ3) is 4.66. The minimum atomic E-state index is -1.07. The van der Waals surface area contributed by atoms with Crippen LogP contribution in [0.2, 0.25) is 5.02 Å². The number of carbonyl (C=O) groups is 2. The van der Waals surface area contributed by atoms with E-state index in [-0.39, 0.29) is 30.5 Å². The zero-order chi connectivity index (χ0) is 24.5. The normalized spacial score (nSPS) is 19.1. The van der Waals surface area contributed by atoms with Crippen LogP contribution < -0.4 is 19.7 Å². The Morgan fingerprint density at radius 3 is 2.46 bits per heavy atom. The second kappa shape index (κ2) is 9.54. The van der Waals surface area contributed by atoms with Crippen LogP contribution in [0, 0.1) is 17.6 Å². The summed E-state index contributed by atoms with van der Waals surface area (Å²) in [5, 5.41) is 3.39. The maximum atomic E-state index is 14.0. The molecule has 1 fully saturated rings. The summed E-state index contributed by atoms with van der Waals surface area (Å²) in [5.74, 6) is -2.28. The van der Waals surface area contributed by atoms with E-state index in [4.69, 9.17) is 21.1 Å². The van der Waals surface area contributed by atoms with Gasteiger partial charge >= 0.3 is 0 Å². The van der Waals surface area contributed by atoms with Crippen LogP contribution in [0.1, 0.15) is 23.6 Å². The fraction of sp³-hybridized carbons (Fsp3) is 0.231. The number of halogens is 3. The van der Waals surface area contributed by atoms with Crippen molar-refractivity contribution in [2.45, 2.75) is 19.0 Å². The number of hydrogen-bond donors (Lipinski definition) is 1. The second-order valence-corrected chi connectivity index (χ2v) is 8.80. The topological polar surface area (TPSA) is 67.9 Å². The summed E-state index contributed by atoms with van der Waals surface area (Å²) >= 11 is 6.04. The molecule has 0 spiro atoms. The molecule has 9 heteroatoms. The van der Waals surface area contributed by atoms with E-state index in [1.807, 2.05) is 6.07 Å². The molecule has 5 rings (SSSR count). The fourth-order valence-electron chi connectivity index (χ4n) is 4.47. The van der Waals surface area contributed by atoms with Crippen LogP contribution in [0.15, 0.2) is 60.7 Å². The molecule has 6 nitrogen and oxygen atoms in total. The van der Waals surface area contributed by atoms with Crippen LogP contribution in [-0.2, 0) is 16.1 Å². The highest BCUT2D eigenvalue weighted by molar-refractivity contribution is 6.30. The Hall–Kier alpha value is -3.65. The van der Waals surface area contributed by atoms with Crippen LogP contribution in [0.5, 0.6) is 11.5 Å². The van der Waals surface area contributed by atoms with Crippen LogP contribution >= 0.6 is 11.6 Å². The van der Waals surface area contributed by atoms with Crippen LogP contribution in [-0.4, -0.2) is 25.0 Å². The van der Waals surface area contributed by atoms with E-state index in [9.17, 15) is 18.4 Å². The summed E-state index contributed by atoms with van der Waals surface area (Å²) in [6.45, 7) is 1.16. The van der Waals surface area contributed by atoms with Gasteiger partial charge in [-0.1, -0.05) is 29.8 Å². The lowest BCUT2D eigenvalue weighted by atomic mass is 9.92. The molecule has 3 aromatic carbocycles. The number of benzene rings is 3. The summed E-state index contributed by atoms with van der Waals surface area (Å²) in [4.78, 5) is 27.7.